The van der Waals surface area contributed by atoms with Crippen molar-refractivity contribution in [3.63, 3.8) is 0 Å². The number of carboxylic acid groups (broad SMARTS) is 1. The van der Waals surface area contributed by atoms with Crippen LogP contribution in [0.5, 0.6) is 11.5 Å². The number of benzene rings is 2. The van der Waals surface area contributed by atoms with E-state index in [0.717, 1.165) is 48.3 Å². The second kappa shape index (κ2) is 9.60. The van der Waals surface area contributed by atoms with Gasteiger partial charge in [0.15, 0.2) is 11.5 Å². The van der Waals surface area contributed by atoms with Gasteiger partial charge in [0.05, 0.1) is 13.0 Å². The summed E-state index contributed by atoms with van der Waals surface area (Å²) in [6.07, 6.45) is 3.29. The zero-order valence-electron chi connectivity index (χ0n) is 16.6. The Morgan fingerprint density at radius 1 is 1.11 bits per heavy atom. The number of nitrogens with one attached hydrogen (secondary N) is 1. The molecule has 1 unspecified atom stereocenters. The third-order valence-corrected chi connectivity index (χ3v) is 5.49. The molecule has 3 rings (SSSR count). The lowest BCUT2D eigenvalue weighted by atomic mass is 9.85. The van der Waals surface area contributed by atoms with E-state index in [0.29, 0.717) is 12.6 Å². The number of carboxylic acids is 1. The number of hydrogen-bond donors (Lipinski definition) is 2. The summed E-state index contributed by atoms with van der Waals surface area (Å²) < 4.78 is 11.5. The van der Waals surface area contributed by atoms with Gasteiger partial charge in [-0.3, -0.25) is 4.79 Å². The van der Waals surface area contributed by atoms with Crippen molar-refractivity contribution in [2.45, 2.75) is 51.3 Å². The van der Waals surface area contributed by atoms with Crippen molar-refractivity contribution in [1.29, 1.82) is 0 Å². The first-order valence-electron chi connectivity index (χ1n) is 9.90. The number of carbonyl (C=O) groups is 1. The molecule has 0 aromatic heterocycles. The highest BCUT2D eigenvalue weighted by atomic mass is 16.5. The van der Waals surface area contributed by atoms with Crippen LogP contribution in [0.3, 0.4) is 0 Å². The predicted octanol–water partition coefficient (Wildman–Crippen LogP) is 4.57. The largest absolute Gasteiger partial charge is 0.493 e. The first kappa shape index (κ1) is 20.2. The minimum atomic E-state index is -0.665. The molecule has 2 N–H and O–H groups in total. The van der Waals surface area contributed by atoms with E-state index < -0.39 is 5.97 Å². The Balaban J connectivity index is 1.58. The Bertz CT molecular complexity index is 769. The fraction of sp³-hybridized carbons (Fsp3) is 0.435. The molecule has 1 aliphatic carbocycles. The van der Waals surface area contributed by atoms with Gasteiger partial charge in [-0.05, 0) is 55.9 Å². The molecule has 28 heavy (non-hydrogen) atoms. The van der Waals surface area contributed by atoms with Gasteiger partial charge in [-0.25, -0.2) is 0 Å². The van der Waals surface area contributed by atoms with Gasteiger partial charge >= 0.3 is 5.97 Å². The molecule has 0 radical (unpaired) electrons. The molecule has 0 aliphatic heterocycles. The molecule has 1 aliphatic rings. The van der Waals surface area contributed by atoms with E-state index in [1.165, 1.54) is 0 Å². The van der Waals surface area contributed by atoms with E-state index in [1.807, 2.05) is 42.5 Å². The summed E-state index contributed by atoms with van der Waals surface area (Å²) in [5.74, 6) is 0.595. The molecule has 150 valence electrons. The van der Waals surface area contributed by atoms with Crippen LogP contribution in [0, 0.1) is 5.92 Å². The van der Waals surface area contributed by atoms with Crippen LogP contribution in [0.2, 0.25) is 0 Å². The Morgan fingerprint density at radius 2 is 1.82 bits per heavy atom. The molecule has 2 aromatic rings. The summed E-state index contributed by atoms with van der Waals surface area (Å²) >= 11 is 0. The maximum absolute atomic E-state index is 11.1. The topological polar surface area (TPSA) is 67.8 Å². The van der Waals surface area contributed by atoms with Gasteiger partial charge in [-0.2, -0.15) is 0 Å². The zero-order valence-corrected chi connectivity index (χ0v) is 16.6. The fourth-order valence-corrected chi connectivity index (χ4v) is 3.76. The van der Waals surface area contributed by atoms with E-state index in [4.69, 9.17) is 14.6 Å². The van der Waals surface area contributed by atoms with Crippen LogP contribution in [0.1, 0.15) is 49.8 Å². The SMILES string of the molecule is COc1cc(C(C)NC2CCC(C(=O)O)CC2)ccc1OCc1ccccc1. The van der Waals surface area contributed by atoms with Gasteiger partial charge < -0.3 is 19.9 Å². The fourth-order valence-electron chi connectivity index (χ4n) is 3.76. The Labute approximate surface area is 166 Å². The van der Waals surface area contributed by atoms with Crippen molar-refractivity contribution in [3.05, 3.63) is 59.7 Å². The van der Waals surface area contributed by atoms with Crippen LogP contribution < -0.4 is 14.8 Å². The summed E-state index contributed by atoms with van der Waals surface area (Å²) in [5.41, 5.74) is 2.24. The smallest absolute Gasteiger partial charge is 0.306 e. The van der Waals surface area contributed by atoms with E-state index in [9.17, 15) is 4.79 Å². The van der Waals surface area contributed by atoms with E-state index in [-0.39, 0.29) is 12.0 Å². The van der Waals surface area contributed by atoms with Gasteiger partial charge in [0.1, 0.15) is 6.61 Å². The first-order valence-corrected chi connectivity index (χ1v) is 9.90. The van der Waals surface area contributed by atoms with Crippen LogP contribution in [-0.2, 0) is 11.4 Å². The average Bonchev–Trinajstić information content (AvgIpc) is 2.73. The standard InChI is InChI=1S/C23H29NO4/c1-16(24-20-11-8-18(9-12-20)23(25)26)19-10-13-21(22(14-19)27-2)28-15-17-6-4-3-5-7-17/h3-7,10,13-14,16,18,20,24H,8-9,11-12,15H2,1-2H3,(H,25,26). The second-order valence-corrected chi connectivity index (χ2v) is 7.46. The molecule has 1 saturated carbocycles. The Kier molecular flexibility index (Phi) is 6.93. The van der Waals surface area contributed by atoms with E-state index in [2.05, 4.69) is 18.3 Å². The molecule has 1 fully saturated rings. The van der Waals surface area contributed by atoms with Crippen molar-refractivity contribution in [3.8, 4) is 11.5 Å². The lowest BCUT2D eigenvalue weighted by Crippen LogP contribution is -2.36. The molecule has 5 heteroatoms. The van der Waals surface area contributed by atoms with Crippen molar-refractivity contribution in [1.82, 2.24) is 5.32 Å². The van der Waals surface area contributed by atoms with Crippen LogP contribution in [-0.4, -0.2) is 24.2 Å². The lowest BCUT2D eigenvalue weighted by molar-refractivity contribution is -0.142. The highest BCUT2D eigenvalue weighted by molar-refractivity contribution is 5.70. The number of hydrogen-bond acceptors (Lipinski definition) is 4. The molecule has 0 bridgehead atoms. The number of rotatable bonds is 8. The monoisotopic (exact) mass is 383 g/mol. The van der Waals surface area contributed by atoms with E-state index in [1.54, 1.807) is 7.11 Å². The number of ether oxygens (including phenoxy) is 2. The molecule has 0 heterocycles. The van der Waals surface area contributed by atoms with Crippen LogP contribution in [0.25, 0.3) is 0 Å². The maximum atomic E-state index is 11.1. The lowest BCUT2D eigenvalue weighted by Gasteiger charge is -2.30. The molecule has 0 amide bonds. The molecule has 0 saturated heterocycles. The number of methoxy groups -OCH3 is 1. The minimum Gasteiger partial charge on any atom is -0.493 e. The molecule has 0 spiro atoms. The highest BCUT2D eigenvalue weighted by Crippen LogP contribution is 2.32. The van der Waals surface area contributed by atoms with Crippen molar-refractivity contribution in [2.24, 2.45) is 5.92 Å². The quantitative estimate of drug-likeness (QED) is 0.699. The third kappa shape index (κ3) is 5.26. The van der Waals surface area contributed by atoms with Gasteiger partial charge in [0.25, 0.3) is 0 Å². The van der Waals surface area contributed by atoms with Crippen LogP contribution in [0.4, 0.5) is 0 Å². The molecule has 1 atom stereocenters. The first-order chi connectivity index (χ1) is 13.6. The van der Waals surface area contributed by atoms with Crippen molar-refractivity contribution >= 4 is 5.97 Å². The average molecular weight is 383 g/mol. The maximum Gasteiger partial charge on any atom is 0.306 e. The summed E-state index contributed by atoms with van der Waals surface area (Å²) in [7, 11) is 1.65. The van der Waals surface area contributed by atoms with Gasteiger partial charge in [0, 0.05) is 12.1 Å². The molecule has 5 nitrogen and oxygen atoms in total. The second-order valence-electron chi connectivity index (χ2n) is 7.46. The summed E-state index contributed by atoms with van der Waals surface area (Å²) in [5, 5.41) is 12.8. The molecule has 2 aromatic carbocycles. The third-order valence-electron chi connectivity index (χ3n) is 5.49. The summed E-state index contributed by atoms with van der Waals surface area (Å²) in [6.45, 7) is 2.62. The van der Waals surface area contributed by atoms with Gasteiger partial charge in [-0.1, -0.05) is 36.4 Å². The molecular weight excluding hydrogens is 354 g/mol. The highest BCUT2D eigenvalue weighted by Gasteiger charge is 2.26. The van der Waals surface area contributed by atoms with Crippen molar-refractivity contribution in [2.75, 3.05) is 7.11 Å². The zero-order chi connectivity index (χ0) is 19.9. The number of aliphatic carboxylic acids is 1. The van der Waals surface area contributed by atoms with E-state index >= 15 is 0 Å². The Hall–Kier alpha value is -2.53. The van der Waals surface area contributed by atoms with Crippen molar-refractivity contribution < 1.29 is 19.4 Å². The van der Waals surface area contributed by atoms with Gasteiger partial charge in [0.2, 0.25) is 0 Å². The minimum absolute atomic E-state index is 0.156. The van der Waals surface area contributed by atoms with Gasteiger partial charge in [-0.15, -0.1) is 0 Å². The van der Waals surface area contributed by atoms with Crippen LogP contribution in [0.15, 0.2) is 48.5 Å². The predicted molar refractivity (Wildman–Crippen MR) is 109 cm³/mol. The van der Waals surface area contributed by atoms with Crippen LogP contribution >= 0.6 is 0 Å². The normalized spacial score (nSPS) is 20.4. The Morgan fingerprint density at radius 3 is 2.46 bits per heavy atom. The summed E-state index contributed by atoms with van der Waals surface area (Å²) in [6, 6.07) is 16.6. The molecular formula is C23H29NO4. The summed E-state index contributed by atoms with van der Waals surface area (Å²) in [4.78, 5) is 11.1.